The Balaban J connectivity index is 1.45. The van der Waals surface area contributed by atoms with Crippen LogP contribution >= 0.6 is 15.9 Å². The molecular formula is C27H27BrFN5O. The number of fused-ring (bicyclic) bond motifs is 1. The molecule has 0 saturated heterocycles. The minimum absolute atomic E-state index is 0.0785. The molecule has 5 rings (SSSR count). The van der Waals surface area contributed by atoms with Crippen molar-refractivity contribution in [2.75, 3.05) is 5.73 Å². The van der Waals surface area contributed by atoms with Crippen LogP contribution in [0.3, 0.4) is 0 Å². The first kappa shape index (κ1) is 23.6. The van der Waals surface area contributed by atoms with Crippen LogP contribution in [0.15, 0.2) is 59.3 Å². The van der Waals surface area contributed by atoms with Gasteiger partial charge in [0, 0.05) is 34.7 Å². The predicted molar refractivity (Wildman–Crippen MR) is 139 cm³/mol. The van der Waals surface area contributed by atoms with Gasteiger partial charge < -0.3 is 5.73 Å². The molecule has 1 saturated carbocycles. The van der Waals surface area contributed by atoms with Crippen molar-refractivity contribution in [1.29, 1.82) is 0 Å². The second-order valence-corrected chi connectivity index (χ2v) is 10.1. The summed E-state index contributed by atoms with van der Waals surface area (Å²) >= 11 is 3.62. The third-order valence-electron chi connectivity index (χ3n) is 7.15. The number of alkyl halides is 1. The lowest BCUT2D eigenvalue weighted by Crippen LogP contribution is -2.16. The van der Waals surface area contributed by atoms with Crippen LogP contribution in [0, 0.1) is 5.92 Å². The molecule has 3 atom stereocenters. The maximum atomic E-state index is 14.5. The van der Waals surface area contributed by atoms with E-state index in [0.29, 0.717) is 28.8 Å². The van der Waals surface area contributed by atoms with E-state index in [1.165, 1.54) is 6.92 Å². The summed E-state index contributed by atoms with van der Waals surface area (Å²) in [6.07, 6.45) is 6.11. The van der Waals surface area contributed by atoms with E-state index in [-0.39, 0.29) is 17.6 Å². The van der Waals surface area contributed by atoms with Crippen molar-refractivity contribution in [2.45, 2.75) is 51.1 Å². The van der Waals surface area contributed by atoms with Crippen LogP contribution in [0.1, 0.15) is 51.1 Å². The second kappa shape index (κ2) is 9.15. The number of anilines is 1. The first-order valence-corrected chi connectivity index (χ1v) is 12.7. The Labute approximate surface area is 211 Å². The molecule has 1 fully saturated rings. The molecule has 0 bridgehead atoms. The predicted octanol–water partition coefficient (Wildman–Crippen LogP) is 6.39. The molecule has 1 aromatic carbocycles. The SMILES string of the molecule is CCC(CCC1CC1(F)C(C)=O)c1nc2c(-c3ccc(-c4ccccc4)nc3)cnn2c(N)c1Br. The number of Topliss-reactive ketones (excluding diaryl/α,β-unsaturated/α-hetero) is 1. The highest BCUT2D eigenvalue weighted by Crippen LogP contribution is 2.52. The number of nitrogen functional groups attached to an aromatic ring is 1. The molecule has 0 aliphatic heterocycles. The molecule has 1 aliphatic rings. The average molecular weight is 536 g/mol. The van der Waals surface area contributed by atoms with Crippen molar-refractivity contribution in [1.82, 2.24) is 19.6 Å². The van der Waals surface area contributed by atoms with Gasteiger partial charge in [-0.15, -0.1) is 0 Å². The highest BCUT2D eigenvalue weighted by atomic mass is 79.9. The summed E-state index contributed by atoms with van der Waals surface area (Å²) in [6, 6.07) is 14.0. The molecule has 0 radical (unpaired) electrons. The topological polar surface area (TPSA) is 86.2 Å². The Hall–Kier alpha value is -3.13. The van der Waals surface area contributed by atoms with Crippen molar-refractivity contribution in [3.8, 4) is 22.4 Å². The molecule has 3 aromatic heterocycles. The molecule has 4 aromatic rings. The lowest BCUT2D eigenvalue weighted by atomic mass is 9.94. The van der Waals surface area contributed by atoms with Crippen molar-refractivity contribution in [3.63, 3.8) is 0 Å². The van der Waals surface area contributed by atoms with Gasteiger partial charge in [0.25, 0.3) is 0 Å². The van der Waals surface area contributed by atoms with Gasteiger partial charge in [0.05, 0.1) is 22.1 Å². The van der Waals surface area contributed by atoms with Gasteiger partial charge in [0.2, 0.25) is 0 Å². The number of carbonyl (C=O) groups excluding carboxylic acids is 1. The van der Waals surface area contributed by atoms with Crippen LogP contribution in [0.4, 0.5) is 10.2 Å². The van der Waals surface area contributed by atoms with E-state index in [9.17, 15) is 9.18 Å². The molecular weight excluding hydrogens is 509 g/mol. The van der Waals surface area contributed by atoms with E-state index in [0.717, 1.165) is 40.9 Å². The molecule has 180 valence electrons. The standard InChI is InChI=1S/C27H27BrFN5O/c1-3-17(9-11-20-13-27(20,29)16(2)35)24-23(28)25(30)34-26(33-24)21(15-32-34)19-10-12-22(31-14-19)18-7-5-4-6-8-18/h4-8,10,12,14-15,17,20H,3,9,11,13,30H2,1-2H3. The van der Waals surface area contributed by atoms with Gasteiger partial charge in [-0.25, -0.2) is 9.37 Å². The van der Waals surface area contributed by atoms with Crippen LogP contribution in [-0.4, -0.2) is 31.0 Å². The van der Waals surface area contributed by atoms with Gasteiger partial charge in [-0.05, 0) is 54.6 Å². The van der Waals surface area contributed by atoms with Gasteiger partial charge >= 0.3 is 0 Å². The van der Waals surface area contributed by atoms with E-state index >= 15 is 0 Å². The number of nitrogens with two attached hydrogens (primary N) is 1. The zero-order chi connectivity index (χ0) is 24.7. The fourth-order valence-corrected chi connectivity index (χ4v) is 5.40. The third-order valence-corrected chi connectivity index (χ3v) is 7.96. The molecule has 0 spiro atoms. The second-order valence-electron chi connectivity index (χ2n) is 9.29. The fraction of sp³-hybridized carbons (Fsp3) is 0.333. The Morgan fingerprint density at radius 3 is 2.63 bits per heavy atom. The lowest BCUT2D eigenvalue weighted by Gasteiger charge is -2.18. The Bertz CT molecular complexity index is 1390. The van der Waals surface area contributed by atoms with E-state index < -0.39 is 5.67 Å². The van der Waals surface area contributed by atoms with E-state index in [2.05, 4.69) is 32.9 Å². The molecule has 8 heteroatoms. The van der Waals surface area contributed by atoms with Crippen LogP contribution in [-0.2, 0) is 4.79 Å². The number of hydrogen-bond donors (Lipinski definition) is 1. The monoisotopic (exact) mass is 535 g/mol. The highest BCUT2D eigenvalue weighted by Gasteiger charge is 2.58. The summed E-state index contributed by atoms with van der Waals surface area (Å²) < 4.78 is 16.9. The summed E-state index contributed by atoms with van der Waals surface area (Å²) in [7, 11) is 0. The van der Waals surface area contributed by atoms with Gasteiger partial charge in [0.1, 0.15) is 5.82 Å². The van der Waals surface area contributed by atoms with Crippen molar-refractivity contribution in [3.05, 3.63) is 65.0 Å². The van der Waals surface area contributed by atoms with Crippen LogP contribution in [0.5, 0.6) is 0 Å². The minimum atomic E-state index is -1.64. The van der Waals surface area contributed by atoms with Crippen LogP contribution in [0.2, 0.25) is 0 Å². The highest BCUT2D eigenvalue weighted by molar-refractivity contribution is 9.10. The summed E-state index contributed by atoms with van der Waals surface area (Å²) in [5.74, 6) is -0.0154. The smallest absolute Gasteiger partial charge is 0.171 e. The number of aromatic nitrogens is 4. The van der Waals surface area contributed by atoms with Gasteiger partial charge in [-0.1, -0.05) is 43.3 Å². The Kier molecular flexibility index (Phi) is 6.17. The number of nitrogens with zero attached hydrogens (tertiary/aromatic N) is 4. The lowest BCUT2D eigenvalue weighted by molar-refractivity contribution is -0.123. The molecule has 3 heterocycles. The molecule has 6 nitrogen and oxygen atoms in total. The normalized spacial score (nSPS) is 20.2. The first-order chi connectivity index (χ1) is 16.8. The third kappa shape index (κ3) is 4.24. The van der Waals surface area contributed by atoms with Gasteiger partial charge in [-0.2, -0.15) is 9.61 Å². The van der Waals surface area contributed by atoms with E-state index in [4.69, 9.17) is 10.7 Å². The number of rotatable bonds is 8. The maximum Gasteiger partial charge on any atom is 0.171 e. The largest absolute Gasteiger partial charge is 0.383 e. The molecule has 0 amide bonds. The zero-order valence-corrected chi connectivity index (χ0v) is 21.3. The zero-order valence-electron chi connectivity index (χ0n) is 19.7. The fourth-order valence-electron chi connectivity index (χ4n) is 4.82. The number of ketones is 1. The average Bonchev–Trinajstić information content (AvgIpc) is 3.36. The quantitative estimate of drug-likeness (QED) is 0.282. The van der Waals surface area contributed by atoms with E-state index in [1.54, 1.807) is 10.7 Å². The minimum Gasteiger partial charge on any atom is -0.383 e. The van der Waals surface area contributed by atoms with Gasteiger partial charge in [-0.3, -0.25) is 9.78 Å². The van der Waals surface area contributed by atoms with Crippen molar-refractivity contribution < 1.29 is 9.18 Å². The van der Waals surface area contributed by atoms with Crippen LogP contribution in [0.25, 0.3) is 28.0 Å². The summed E-state index contributed by atoms with van der Waals surface area (Å²) in [4.78, 5) is 21.2. The Morgan fingerprint density at radius 1 is 1.23 bits per heavy atom. The summed E-state index contributed by atoms with van der Waals surface area (Å²) in [6.45, 7) is 3.43. The summed E-state index contributed by atoms with van der Waals surface area (Å²) in [5, 5.41) is 4.47. The number of halogens is 2. The van der Waals surface area contributed by atoms with Crippen LogP contribution < -0.4 is 5.73 Å². The van der Waals surface area contributed by atoms with E-state index in [1.807, 2.05) is 48.7 Å². The van der Waals surface area contributed by atoms with Crippen molar-refractivity contribution in [2.24, 2.45) is 5.92 Å². The number of benzene rings is 1. The molecule has 35 heavy (non-hydrogen) atoms. The number of hydrogen-bond acceptors (Lipinski definition) is 5. The van der Waals surface area contributed by atoms with Crippen molar-refractivity contribution >= 4 is 33.2 Å². The first-order valence-electron chi connectivity index (χ1n) is 11.9. The summed E-state index contributed by atoms with van der Waals surface area (Å²) in [5.41, 5.74) is 9.98. The number of pyridine rings is 1. The van der Waals surface area contributed by atoms with Gasteiger partial charge in [0.15, 0.2) is 17.1 Å². The molecule has 2 N–H and O–H groups in total. The number of carbonyl (C=O) groups is 1. The Morgan fingerprint density at radius 2 is 2.00 bits per heavy atom. The molecule has 1 aliphatic carbocycles. The maximum absolute atomic E-state index is 14.5. The molecule has 3 unspecified atom stereocenters.